The van der Waals surface area contributed by atoms with Gasteiger partial charge < -0.3 is 9.47 Å². The van der Waals surface area contributed by atoms with Crippen molar-refractivity contribution in [3.8, 4) is 0 Å². The van der Waals surface area contributed by atoms with Gasteiger partial charge in [0.15, 0.2) is 0 Å². The fourth-order valence-corrected chi connectivity index (χ4v) is 5.29. The smallest absolute Gasteiger partial charge is 0.0951 e. The van der Waals surface area contributed by atoms with Gasteiger partial charge in [0.25, 0.3) is 0 Å². The number of anilines is 2. The number of para-hydroxylation sites is 1. The van der Waals surface area contributed by atoms with Crippen molar-refractivity contribution in [1.82, 2.24) is 9.55 Å². The van der Waals surface area contributed by atoms with Gasteiger partial charge in [-0.1, -0.05) is 23.9 Å². The van der Waals surface area contributed by atoms with Gasteiger partial charge in [0.1, 0.15) is 0 Å². The minimum Gasteiger partial charge on any atom is -0.339 e. The second kappa shape index (κ2) is 5.60. The third kappa shape index (κ3) is 2.11. The van der Waals surface area contributed by atoms with Crippen LogP contribution < -0.4 is 4.90 Å². The zero-order valence-corrected chi connectivity index (χ0v) is 15.0. The lowest BCUT2D eigenvalue weighted by atomic mass is 9.95. The summed E-state index contributed by atoms with van der Waals surface area (Å²) in [6, 6.07) is 13.9. The molecule has 0 saturated heterocycles. The lowest BCUT2D eigenvalue weighted by Gasteiger charge is -2.41. The van der Waals surface area contributed by atoms with Crippen LogP contribution in [0.1, 0.15) is 18.0 Å². The van der Waals surface area contributed by atoms with E-state index in [1.807, 2.05) is 36.0 Å². The second-order valence-electron chi connectivity index (χ2n) is 6.10. The molecule has 1 atom stereocenters. The Morgan fingerprint density at radius 2 is 2.17 bits per heavy atom. The van der Waals surface area contributed by atoms with Crippen molar-refractivity contribution in [2.75, 3.05) is 17.7 Å². The molecule has 0 radical (unpaired) electrons. The van der Waals surface area contributed by atoms with E-state index in [2.05, 4.69) is 63.3 Å². The minimum atomic E-state index is 0.379. The molecule has 2 aliphatic rings. The van der Waals surface area contributed by atoms with Gasteiger partial charge in [-0.2, -0.15) is 0 Å². The first-order valence-corrected chi connectivity index (χ1v) is 10.1. The van der Waals surface area contributed by atoms with E-state index in [0.717, 1.165) is 13.0 Å². The van der Waals surface area contributed by atoms with E-state index >= 15 is 0 Å². The average Bonchev–Trinajstić information content (AvgIpc) is 3.16. The lowest BCUT2D eigenvalue weighted by Crippen LogP contribution is -2.31. The molecule has 0 aliphatic carbocycles. The molecule has 0 fully saturated rings. The molecule has 0 N–H and O–H groups in total. The minimum absolute atomic E-state index is 0.379. The maximum Gasteiger partial charge on any atom is 0.0951 e. The lowest BCUT2D eigenvalue weighted by molar-refractivity contribution is 0.522. The van der Waals surface area contributed by atoms with Crippen molar-refractivity contribution in [2.24, 2.45) is 0 Å². The summed E-state index contributed by atoms with van der Waals surface area (Å²) < 4.78 is 2.24. The fraction of sp³-hybridized carbons (Fsp3) is 0.211. The summed E-state index contributed by atoms with van der Waals surface area (Å²) in [4.78, 5) is 10.8. The van der Waals surface area contributed by atoms with Crippen LogP contribution in [0.4, 0.5) is 11.4 Å². The molecule has 1 aromatic heterocycles. The number of rotatable bonds is 2. The highest BCUT2D eigenvalue weighted by molar-refractivity contribution is 8.00. The fourth-order valence-electron chi connectivity index (χ4n) is 3.74. The van der Waals surface area contributed by atoms with E-state index in [1.54, 1.807) is 0 Å². The van der Waals surface area contributed by atoms with Crippen molar-refractivity contribution >= 4 is 34.9 Å². The quantitative estimate of drug-likeness (QED) is 0.591. The zero-order chi connectivity index (χ0) is 16.1. The average molecular weight is 352 g/mol. The highest BCUT2D eigenvalue weighted by Crippen LogP contribution is 2.53. The molecule has 5 rings (SSSR count). The van der Waals surface area contributed by atoms with Gasteiger partial charge in [-0.25, -0.2) is 4.98 Å². The third-order valence-corrected chi connectivity index (χ3v) is 6.69. The van der Waals surface area contributed by atoms with Crippen molar-refractivity contribution in [1.29, 1.82) is 0 Å². The van der Waals surface area contributed by atoms with Gasteiger partial charge in [0.2, 0.25) is 0 Å². The molecular formula is C19H17N3S2. The molecule has 2 aromatic carbocycles. The summed E-state index contributed by atoms with van der Waals surface area (Å²) in [5.41, 5.74) is 4.15. The summed E-state index contributed by atoms with van der Waals surface area (Å²) in [7, 11) is 0. The van der Waals surface area contributed by atoms with Gasteiger partial charge in [0, 0.05) is 33.6 Å². The molecule has 0 bridgehead atoms. The van der Waals surface area contributed by atoms with Crippen LogP contribution in [0.5, 0.6) is 0 Å². The maximum absolute atomic E-state index is 4.25. The number of nitrogens with zero attached hydrogens (tertiary/aromatic N) is 3. The zero-order valence-electron chi connectivity index (χ0n) is 13.3. The monoisotopic (exact) mass is 351 g/mol. The number of thioether (sulfide) groups is 1. The molecule has 3 nitrogen and oxygen atoms in total. The number of hydrogen-bond acceptors (Lipinski definition) is 4. The van der Waals surface area contributed by atoms with E-state index in [1.165, 1.54) is 31.6 Å². The first kappa shape index (κ1) is 14.5. The van der Waals surface area contributed by atoms with E-state index in [-0.39, 0.29) is 0 Å². The Kier molecular flexibility index (Phi) is 3.38. The molecule has 2 aliphatic heterocycles. The molecule has 0 spiro atoms. The highest BCUT2D eigenvalue weighted by atomic mass is 32.2. The van der Waals surface area contributed by atoms with Crippen LogP contribution in [-0.2, 0) is 0 Å². The molecular weight excluding hydrogens is 334 g/mol. The third-order valence-electron chi connectivity index (χ3n) is 4.85. The van der Waals surface area contributed by atoms with E-state index in [0.29, 0.717) is 6.04 Å². The highest BCUT2D eigenvalue weighted by Gasteiger charge is 2.33. The number of aromatic nitrogens is 2. The first-order valence-electron chi connectivity index (χ1n) is 8.09. The van der Waals surface area contributed by atoms with Crippen molar-refractivity contribution in [3.05, 3.63) is 60.7 Å². The molecule has 5 heteroatoms. The van der Waals surface area contributed by atoms with Gasteiger partial charge in [-0.05, 0) is 42.5 Å². The van der Waals surface area contributed by atoms with Crippen LogP contribution in [-0.4, -0.2) is 22.4 Å². The summed E-state index contributed by atoms with van der Waals surface area (Å²) in [6.07, 6.45) is 9.13. The van der Waals surface area contributed by atoms with Crippen molar-refractivity contribution < 1.29 is 0 Å². The van der Waals surface area contributed by atoms with E-state index in [9.17, 15) is 0 Å². The van der Waals surface area contributed by atoms with E-state index < -0.39 is 0 Å². The van der Waals surface area contributed by atoms with Crippen molar-refractivity contribution in [2.45, 2.75) is 27.1 Å². The standard InChI is InChI=1S/C19H17N3S2/c1-23-13-5-6-17-16(11-13)22-9-7-15(21-10-8-20-12-21)14-3-2-4-18(24-17)19(14)22/h2-6,8,10-12,15H,7,9H2,1H3. The summed E-state index contributed by atoms with van der Waals surface area (Å²) in [5.74, 6) is 0. The molecule has 3 heterocycles. The molecule has 0 saturated carbocycles. The van der Waals surface area contributed by atoms with Gasteiger partial charge in [-0.3, -0.25) is 0 Å². The van der Waals surface area contributed by atoms with Crippen LogP contribution in [0.3, 0.4) is 0 Å². The molecule has 120 valence electrons. The molecule has 1 unspecified atom stereocenters. The van der Waals surface area contributed by atoms with Gasteiger partial charge in [-0.15, -0.1) is 11.8 Å². The normalized spacial score (nSPS) is 18.2. The summed E-state index contributed by atoms with van der Waals surface area (Å²) in [6.45, 7) is 1.04. The Hall–Kier alpha value is -1.85. The van der Waals surface area contributed by atoms with Crippen molar-refractivity contribution in [3.63, 3.8) is 0 Å². The van der Waals surface area contributed by atoms with Crippen LogP contribution in [0, 0.1) is 0 Å². The molecule has 24 heavy (non-hydrogen) atoms. The van der Waals surface area contributed by atoms with Crippen LogP contribution in [0.2, 0.25) is 0 Å². The number of benzene rings is 2. The largest absolute Gasteiger partial charge is 0.339 e. The number of hydrogen-bond donors (Lipinski definition) is 0. The predicted octanol–water partition coefficient (Wildman–Crippen LogP) is 5.20. The van der Waals surface area contributed by atoms with Crippen LogP contribution >= 0.6 is 23.5 Å². The topological polar surface area (TPSA) is 21.1 Å². The molecule has 0 amide bonds. The Bertz CT molecular complexity index is 905. The van der Waals surface area contributed by atoms with Gasteiger partial charge in [0.05, 0.1) is 23.7 Å². The predicted molar refractivity (Wildman–Crippen MR) is 101 cm³/mol. The Labute approximate surface area is 150 Å². The number of imidazole rings is 1. The molecule has 3 aromatic rings. The van der Waals surface area contributed by atoms with Crippen LogP contribution in [0.15, 0.2) is 69.8 Å². The first-order chi connectivity index (χ1) is 11.8. The Balaban J connectivity index is 1.68. The summed E-state index contributed by atoms with van der Waals surface area (Å²) >= 11 is 3.70. The summed E-state index contributed by atoms with van der Waals surface area (Å²) in [5, 5.41) is 0. The Morgan fingerprint density at radius 1 is 1.21 bits per heavy atom. The van der Waals surface area contributed by atoms with E-state index in [4.69, 9.17) is 0 Å². The van der Waals surface area contributed by atoms with Gasteiger partial charge >= 0.3 is 0 Å². The maximum atomic E-state index is 4.25. The van der Waals surface area contributed by atoms with Crippen LogP contribution in [0.25, 0.3) is 0 Å². The Morgan fingerprint density at radius 3 is 3.00 bits per heavy atom. The SMILES string of the molecule is CSc1ccc2c(c1)N1CCC(n3ccnc3)c3cccc(c31)S2. The number of fused-ring (bicyclic) bond motifs is 2. The second-order valence-corrected chi connectivity index (χ2v) is 8.06.